The van der Waals surface area contributed by atoms with E-state index >= 15 is 0 Å². The maximum Gasteiger partial charge on any atom is 0.226 e. The monoisotopic (exact) mass is 346 g/mol. The highest BCUT2D eigenvalue weighted by molar-refractivity contribution is 7.16. The van der Waals surface area contributed by atoms with Gasteiger partial charge in [-0.3, -0.25) is 4.79 Å². The number of anilines is 1. The highest BCUT2D eigenvalue weighted by atomic mass is 35.5. The Labute approximate surface area is 143 Å². The van der Waals surface area contributed by atoms with Crippen LogP contribution in [0.2, 0.25) is 5.02 Å². The van der Waals surface area contributed by atoms with E-state index < -0.39 is 0 Å². The Morgan fingerprint density at radius 1 is 1.30 bits per heavy atom. The lowest BCUT2D eigenvalue weighted by Crippen LogP contribution is -2.11. The van der Waals surface area contributed by atoms with Gasteiger partial charge < -0.3 is 9.73 Å². The zero-order chi connectivity index (χ0) is 16.2. The van der Waals surface area contributed by atoms with E-state index in [0.717, 1.165) is 21.9 Å². The van der Waals surface area contributed by atoms with Crippen LogP contribution in [0.15, 0.2) is 47.1 Å². The second kappa shape index (κ2) is 6.98. The molecule has 0 bridgehead atoms. The Bertz CT molecular complexity index is 795. The van der Waals surface area contributed by atoms with Crippen molar-refractivity contribution in [2.24, 2.45) is 0 Å². The van der Waals surface area contributed by atoms with Crippen LogP contribution in [0.4, 0.5) is 5.13 Å². The summed E-state index contributed by atoms with van der Waals surface area (Å²) in [4.78, 5) is 17.6. The third-order valence-corrected chi connectivity index (χ3v) is 4.48. The van der Waals surface area contributed by atoms with Crippen molar-refractivity contribution in [2.75, 3.05) is 5.32 Å². The third kappa shape index (κ3) is 4.00. The Balaban J connectivity index is 1.66. The van der Waals surface area contributed by atoms with Crippen molar-refractivity contribution in [3.05, 3.63) is 58.3 Å². The normalized spacial score (nSPS) is 10.7. The second-order valence-electron chi connectivity index (χ2n) is 5.06. The van der Waals surface area contributed by atoms with E-state index in [1.807, 2.05) is 43.3 Å². The predicted octanol–water partition coefficient (Wildman–Crippen LogP) is 4.94. The molecule has 0 radical (unpaired) electrons. The highest BCUT2D eigenvalue weighted by Gasteiger charge is 2.12. The average molecular weight is 347 g/mol. The minimum absolute atomic E-state index is 0.0715. The predicted molar refractivity (Wildman–Crippen MR) is 93.0 cm³/mol. The summed E-state index contributed by atoms with van der Waals surface area (Å²) < 4.78 is 5.22. The molecule has 0 aliphatic carbocycles. The van der Waals surface area contributed by atoms with E-state index in [0.29, 0.717) is 23.0 Å². The largest absolute Gasteiger partial charge is 0.469 e. The molecule has 1 N–H and O–H groups in total. The van der Waals surface area contributed by atoms with Crippen molar-refractivity contribution in [3.63, 3.8) is 0 Å². The number of aromatic nitrogens is 1. The van der Waals surface area contributed by atoms with E-state index in [1.54, 1.807) is 6.26 Å². The minimum Gasteiger partial charge on any atom is -0.469 e. The number of carbonyl (C=O) groups is 1. The summed E-state index contributed by atoms with van der Waals surface area (Å²) >= 11 is 7.37. The number of aryl methyl sites for hydroxylation is 2. The topological polar surface area (TPSA) is 55.1 Å². The molecule has 0 saturated heterocycles. The standard InChI is InChI=1S/C17H15ClN2O2S/c1-11-16(12-4-6-13(18)7-5-12)20-17(23-11)19-15(21)9-8-14-3-2-10-22-14/h2-7,10H,8-9H2,1H3,(H,19,20,21). The van der Waals surface area contributed by atoms with Crippen molar-refractivity contribution in [1.29, 1.82) is 0 Å². The maximum absolute atomic E-state index is 12.0. The molecule has 1 aromatic carbocycles. The van der Waals surface area contributed by atoms with Gasteiger partial charge in [-0.2, -0.15) is 0 Å². The number of carbonyl (C=O) groups excluding carboxylic acids is 1. The van der Waals surface area contributed by atoms with Gasteiger partial charge in [0.15, 0.2) is 5.13 Å². The van der Waals surface area contributed by atoms with Crippen LogP contribution in [0.3, 0.4) is 0 Å². The Kier molecular flexibility index (Phi) is 4.79. The van der Waals surface area contributed by atoms with Crippen LogP contribution < -0.4 is 5.32 Å². The lowest BCUT2D eigenvalue weighted by atomic mass is 10.1. The molecule has 0 saturated carbocycles. The summed E-state index contributed by atoms with van der Waals surface area (Å²) in [6.07, 6.45) is 2.55. The number of nitrogens with one attached hydrogen (secondary N) is 1. The van der Waals surface area contributed by atoms with Crippen LogP contribution >= 0.6 is 22.9 Å². The summed E-state index contributed by atoms with van der Waals surface area (Å²) in [5.74, 6) is 0.732. The Morgan fingerprint density at radius 3 is 2.78 bits per heavy atom. The van der Waals surface area contributed by atoms with Crippen molar-refractivity contribution < 1.29 is 9.21 Å². The number of halogens is 1. The molecule has 4 nitrogen and oxygen atoms in total. The summed E-state index contributed by atoms with van der Waals surface area (Å²) in [7, 11) is 0. The van der Waals surface area contributed by atoms with Crippen molar-refractivity contribution in [2.45, 2.75) is 19.8 Å². The third-order valence-electron chi connectivity index (χ3n) is 3.34. The number of rotatable bonds is 5. The SMILES string of the molecule is Cc1sc(NC(=O)CCc2ccco2)nc1-c1ccc(Cl)cc1. The van der Waals surface area contributed by atoms with Gasteiger partial charge in [-0.1, -0.05) is 23.7 Å². The quantitative estimate of drug-likeness (QED) is 0.712. The molecule has 118 valence electrons. The molecule has 0 aliphatic rings. The lowest BCUT2D eigenvalue weighted by molar-refractivity contribution is -0.116. The maximum atomic E-state index is 12.0. The zero-order valence-electron chi connectivity index (χ0n) is 12.5. The molecule has 0 aliphatic heterocycles. The molecule has 0 unspecified atom stereocenters. The first-order valence-electron chi connectivity index (χ1n) is 7.17. The van der Waals surface area contributed by atoms with Crippen LogP contribution in [-0.4, -0.2) is 10.9 Å². The molecule has 2 aromatic heterocycles. The van der Waals surface area contributed by atoms with Crippen molar-refractivity contribution in [1.82, 2.24) is 4.98 Å². The van der Waals surface area contributed by atoms with Crippen LogP contribution in [0.5, 0.6) is 0 Å². The Morgan fingerprint density at radius 2 is 2.09 bits per heavy atom. The molecular formula is C17H15ClN2O2S. The summed E-state index contributed by atoms with van der Waals surface area (Å²) in [5, 5.41) is 4.14. The highest BCUT2D eigenvalue weighted by Crippen LogP contribution is 2.31. The molecule has 3 rings (SSSR count). The molecule has 23 heavy (non-hydrogen) atoms. The first-order valence-corrected chi connectivity index (χ1v) is 8.37. The van der Waals surface area contributed by atoms with Crippen LogP contribution in [0.1, 0.15) is 17.1 Å². The number of nitrogens with zero attached hydrogens (tertiary/aromatic N) is 1. The molecular weight excluding hydrogens is 332 g/mol. The summed E-state index contributed by atoms with van der Waals surface area (Å²) in [6.45, 7) is 1.99. The van der Waals surface area contributed by atoms with Crippen LogP contribution in [0.25, 0.3) is 11.3 Å². The first kappa shape index (κ1) is 15.8. The molecule has 0 atom stereocenters. The lowest BCUT2D eigenvalue weighted by Gasteiger charge is -2.00. The van der Waals surface area contributed by atoms with E-state index in [9.17, 15) is 4.79 Å². The average Bonchev–Trinajstić information content (AvgIpc) is 3.16. The Hall–Kier alpha value is -2.11. The van der Waals surface area contributed by atoms with Gasteiger partial charge in [0.1, 0.15) is 5.76 Å². The number of amides is 1. The van der Waals surface area contributed by atoms with Crippen molar-refractivity contribution in [3.8, 4) is 11.3 Å². The van der Waals surface area contributed by atoms with Crippen LogP contribution in [0, 0.1) is 6.92 Å². The fourth-order valence-corrected chi connectivity index (χ4v) is 3.18. The molecule has 0 spiro atoms. The van der Waals surface area contributed by atoms with Gasteiger partial charge in [-0.05, 0) is 31.2 Å². The van der Waals surface area contributed by atoms with Crippen molar-refractivity contribution >= 4 is 34.0 Å². The fourth-order valence-electron chi connectivity index (χ4n) is 2.20. The van der Waals surface area contributed by atoms with Crippen LogP contribution in [-0.2, 0) is 11.2 Å². The van der Waals surface area contributed by atoms with Gasteiger partial charge >= 0.3 is 0 Å². The number of hydrogen-bond donors (Lipinski definition) is 1. The molecule has 6 heteroatoms. The van der Waals surface area contributed by atoms with Gasteiger partial charge in [-0.15, -0.1) is 11.3 Å². The van der Waals surface area contributed by atoms with Gasteiger partial charge in [0.05, 0.1) is 12.0 Å². The molecule has 3 aromatic rings. The van der Waals surface area contributed by atoms with Gasteiger partial charge in [0.2, 0.25) is 5.91 Å². The van der Waals surface area contributed by atoms with E-state index in [-0.39, 0.29) is 5.91 Å². The molecule has 0 fully saturated rings. The van der Waals surface area contributed by atoms with Gasteiger partial charge in [-0.25, -0.2) is 4.98 Å². The number of furan rings is 1. The van der Waals surface area contributed by atoms with E-state index in [2.05, 4.69) is 10.3 Å². The second-order valence-corrected chi connectivity index (χ2v) is 6.70. The fraction of sp³-hybridized carbons (Fsp3) is 0.176. The van der Waals surface area contributed by atoms with Gasteiger partial charge in [0, 0.05) is 28.3 Å². The number of benzene rings is 1. The summed E-state index contributed by atoms with van der Waals surface area (Å²) in [5.41, 5.74) is 1.85. The number of hydrogen-bond acceptors (Lipinski definition) is 4. The van der Waals surface area contributed by atoms with E-state index in [4.69, 9.17) is 16.0 Å². The molecule has 1 amide bonds. The zero-order valence-corrected chi connectivity index (χ0v) is 14.1. The van der Waals surface area contributed by atoms with E-state index in [1.165, 1.54) is 11.3 Å². The smallest absolute Gasteiger partial charge is 0.226 e. The first-order chi connectivity index (χ1) is 11.1. The molecule has 2 heterocycles. The number of thiazole rings is 1. The minimum atomic E-state index is -0.0715. The summed E-state index contributed by atoms with van der Waals surface area (Å²) in [6, 6.07) is 11.2. The van der Waals surface area contributed by atoms with Gasteiger partial charge in [0.25, 0.3) is 0 Å².